The monoisotopic (exact) mass is 493 g/mol. The second-order valence-electron chi connectivity index (χ2n) is 6.23. The zero-order valence-electron chi connectivity index (χ0n) is 16.8. The summed E-state index contributed by atoms with van der Waals surface area (Å²) in [4.78, 5) is 24.4. The van der Waals surface area contributed by atoms with Gasteiger partial charge in [0.15, 0.2) is 5.11 Å². The molecule has 0 unspecified atom stereocenters. The number of rotatable bonds is 9. The standard InChI is InChI=1S/C21H24BrN3O4S/c1-3-11-29-18-9-6-15(13-17(18)22)20(27)25-21(30)24-16-7-4-14(5-8-16)19(26)23-10-12-28-2/h4-9,13H,3,10-12H2,1-2H3,(H,23,26)(H2,24,25,27,30). The Morgan fingerprint density at radius 2 is 1.73 bits per heavy atom. The molecule has 2 amide bonds. The van der Waals surface area contributed by atoms with Crippen molar-refractivity contribution in [2.45, 2.75) is 13.3 Å². The minimum absolute atomic E-state index is 0.153. The lowest BCUT2D eigenvalue weighted by molar-refractivity contribution is 0.0935. The molecule has 9 heteroatoms. The minimum atomic E-state index is -0.343. The average molecular weight is 494 g/mol. The molecule has 2 aromatic rings. The van der Waals surface area contributed by atoms with Crippen LogP contribution in [0.5, 0.6) is 5.75 Å². The molecule has 0 fully saturated rings. The Balaban J connectivity index is 1.90. The lowest BCUT2D eigenvalue weighted by Crippen LogP contribution is -2.34. The van der Waals surface area contributed by atoms with E-state index in [1.54, 1.807) is 49.6 Å². The molecule has 0 saturated carbocycles. The summed E-state index contributed by atoms with van der Waals surface area (Å²) in [5.41, 5.74) is 1.61. The Morgan fingerprint density at radius 1 is 1.03 bits per heavy atom. The molecule has 2 aromatic carbocycles. The number of halogens is 1. The van der Waals surface area contributed by atoms with E-state index in [1.807, 2.05) is 6.92 Å². The molecule has 3 N–H and O–H groups in total. The molecule has 7 nitrogen and oxygen atoms in total. The van der Waals surface area contributed by atoms with Gasteiger partial charge in [-0.05, 0) is 77.0 Å². The zero-order valence-corrected chi connectivity index (χ0v) is 19.2. The van der Waals surface area contributed by atoms with Gasteiger partial charge in [0, 0.05) is 30.5 Å². The van der Waals surface area contributed by atoms with Gasteiger partial charge in [-0.15, -0.1) is 0 Å². The van der Waals surface area contributed by atoms with Gasteiger partial charge in [0.2, 0.25) is 0 Å². The first-order chi connectivity index (χ1) is 14.4. The number of nitrogens with one attached hydrogen (secondary N) is 3. The maximum absolute atomic E-state index is 12.4. The fourth-order valence-electron chi connectivity index (χ4n) is 2.38. The van der Waals surface area contributed by atoms with Crippen LogP contribution in [0, 0.1) is 0 Å². The second-order valence-corrected chi connectivity index (χ2v) is 7.49. The Kier molecular flexibility index (Phi) is 9.72. The van der Waals surface area contributed by atoms with Gasteiger partial charge in [0.1, 0.15) is 5.75 Å². The lowest BCUT2D eigenvalue weighted by atomic mass is 10.2. The highest BCUT2D eigenvalue weighted by molar-refractivity contribution is 9.10. The molecule has 0 saturated heterocycles. The topological polar surface area (TPSA) is 88.7 Å². The Bertz CT molecular complexity index is 890. The van der Waals surface area contributed by atoms with E-state index >= 15 is 0 Å². The maximum atomic E-state index is 12.4. The van der Waals surface area contributed by atoms with Crippen LogP contribution >= 0.6 is 28.1 Å². The van der Waals surface area contributed by atoms with E-state index in [-0.39, 0.29) is 16.9 Å². The van der Waals surface area contributed by atoms with E-state index in [0.29, 0.717) is 46.8 Å². The van der Waals surface area contributed by atoms with E-state index in [4.69, 9.17) is 21.7 Å². The van der Waals surface area contributed by atoms with Gasteiger partial charge < -0.3 is 20.1 Å². The van der Waals surface area contributed by atoms with Crippen LogP contribution < -0.4 is 20.7 Å². The molecule has 0 heterocycles. The molecule has 2 rings (SSSR count). The molecule has 0 atom stereocenters. The van der Waals surface area contributed by atoms with E-state index in [2.05, 4.69) is 31.9 Å². The number of hydrogen-bond acceptors (Lipinski definition) is 5. The number of ether oxygens (including phenoxy) is 2. The van der Waals surface area contributed by atoms with E-state index in [1.165, 1.54) is 0 Å². The van der Waals surface area contributed by atoms with Crippen molar-refractivity contribution in [2.24, 2.45) is 0 Å². The highest BCUT2D eigenvalue weighted by Gasteiger charge is 2.11. The summed E-state index contributed by atoms with van der Waals surface area (Å²) in [7, 11) is 1.57. The smallest absolute Gasteiger partial charge is 0.257 e. The first-order valence-electron chi connectivity index (χ1n) is 9.36. The molecule has 0 aliphatic heterocycles. The Labute approximate surface area is 189 Å². The van der Waals surface area contributed by atoms with Crippen molar-refractivity contribution in [3.63, 3.8) is 0 Å². The molecule has 0 bridgehead atoms. The predicted octanol–water partition coefficient (Wildman–Crippen LogP) is 3.74. The van der Waals surface area contributed by atoms with E-state index in [0.717, 1.165) is 6.42 Å². The average Bonchev–Trinajstić information content (AvgIpc) is 2.73. The highest BCUT2D eigenvalue weighted by atomic mass is 79.9. The minimum Gasteiger partial charge on any atom is -0.492 e. The van der Waals surface area contributed by atoms with Crippen molar-refractivity contribution in [2.75, 3.05) is 32.2 Å². The number of methoxy groups -OCH3 is 1. The quantitative estimate of drug-likeness (QED) is 0.364. The number of benzene rings is 2. The fourth-order valence-corrected chi connectivity index (χ4v) is 3.09. The normalized spacial score (nSPS) is 10.2. The Morgan fingerprint density at radius 3 is 2.37 bits per heavy atom. The van der Waals surface area contributed by atoms with Crippen LogP contribution in [0.4, 0.5) is 5.69 Å². The zero-order chi connectivity index (χ0) is 21.9. The molecule has 0 aliphatic carbocycles. The van der Waals surface area contributed by atoms with Crippen LogP contribution in [0.2, 0.25) is 0 Å². The van der Waals surface area contributed by atoms with Gasteiger partial charge >= 0.3 is 0 Å². The molecule has 160 valence electrons. The van der Waals surface area contributed by atoms with Crippen molar-refractivity contribution < 1.29 is 19.1 Å². The number of anilines is 1. The van der Waals surface area contributed by atoms with Gasteiger partial charge in [-0.2, -0.15) is 0 Å². The molecule has 0 aliphatic rings. The third-order valence-corrected chi connectivity index (χ3v) is 4.70. The van der Waals surface area contributed by atoms with E-state index in [9.17, 15) is 9.59 Å². The molecular weight excluding hydrogens is 470 g/mol. The number of hydrogen-bond donors (Lipinski definition) is 3. The van der Waals surface area contributed by atoms with Crippen LogP contribution in [-0.2, 0) is 4.74 Å². The SMILES string of the molecule is CCCOc1ccc(C(=O)NC(=S)Nc2ccc(C(=O)NCCOC)cc2)cc1Br. The largest absolute Gasteiger partial charge is 0.492 e. The lowest BCUT2D eigenvalue weighted by Gasteiger charge is -2.12. The third-order valence-electron chi connectivity index (χ3n) is 3.88. The third kappa shape index (κ3) is 7.40. The van der Waals surface area contributed by atoms with Gasteiger partial charge in [0.05, 0.1) is 17.7 Å². The summed E-state index contributed by atoms with van der Waals surface area (Å²) in [6, 6.07) is 11.8. The van der Waals surface area contributed by atoms with Crippen LogP contribution in [0.3, 0.4) is 0 Å². The van der Waals surface area contributed by atoms with Crippen molar-refractivity contribution in [1.29, 1.82) is 0 Å². The van der Waals surface area contributed by atoms with Gasteiger partial charge in [-0.25, -0.2) is 0 Å². The van der Waals surface area contributed by atoms with Crippen molar-refractivity contribution >= 4 is 50.8 Å². The maximum Gasteiger partial charge on any atom is 0.257 e. The summed E-state index contributed by atoms with van der Waals surface area (Å²) in [6.45, 7) is 3.51. The summed E-state index contributed by atoms with van der Waals surface area (Å²) < 4.78 is 11.2. The van der Waals surface area contributed by atoms with Crippen LogP contribution in [0.1, 0.15) is 34.1 Å². The van der Waals surface area contributed by atoms with Crippen molar-refractivity contribution in [3.05, 3.63) is 58.1 Å². The first-order valence-corrected chi connectivity index (χ1v) is 10.6. The molecule has 0 radical (unpaired) electrons. The number of carbonyl (C=O) groups is 2. The van der Waals surface area contributed by atoms with Gasteiger partial charge in [0.25, 0.3) is 11.8 Å². The summed E-state index contributed by atoms with van der Waals surface area (Å²) in [5, 5.41) is 8.46. The summed E-state index contributed by atoms with van der Waals surface area (Å²) in [6.07, 6.45) is 0.897. The van der Waals surface area contributed by atoms with Gasteiger partial charge in [-0.1, -0.05) is 6.92 Å². The van der Waals surface area contributed by atoms with Crippen molar-refractivity contribution in [1.82, 2.24) is 10.6 Å². The van der Waals surface area contributed by atoms with Crippen LogP contribution in [0.15, 0.2) is 46.9 Å². The summed E-state index contributed by atoms with van der Waals surface area (Å²) >= 11 is 8.62. The predicted molar refractivity (Wildman–Crippen MR) is 124 cm³/mol. The van der Waals surface area contributed by atoms with Crippen LogP contribution in [-0.4, -0.2) is 43.8 Å². The Hall–Kier alpha value is -2.49. The van der Waals surface area contributed by atoms with Crippen LogP contribution in [0.25, 0.3) is 0 Å². The van der Waals surface area contributed by atoms with Gasteiger partial charge in [-0.3, -0.25) is 14.9 Å². The second kappa shape index (κ2) is 12.3. The number of thiocarbonyl (C=S) groups is 1. The highest BCUT2D eigenvalue weighted by Crippen LogP contribution is 2.26. The summed E-state index contributed by atoms with van der Waals surface area (Å²) in [5.74, 6) is 0.149. The molecule has 0 aromatic heterocycles. The number of amides is 2. The van der Waals surface area contributed by atoms with E-state index < -0.39 is 0 Å². The fraction of sp³-hybridized carbons (Fsp3) is 0.286. The molecular formula is C21H24BrN3O4S. The first kappa shape index (κ1) is 23.8. The number of carbonyl (C=O) groups excluding carboxylic acids is 2. The molecule has 0 spiro atoms. The van der Waals surface area contributed by atoms with Crippen molar-refractivity contribution in [3.8, 4) is 5.75 Å². The molecule has 30 heavy (non-hydrogen) atoms.